The lowest BCUT2D eigenvalue weighted by atomic mass is 9.96. The maximum Gasteiger partial charge on any atom is 0.0992 e. The molecule has 14 heavy (non-hydrogen) atoms. The zero-order valence-corrected chi connectivity index (χ0v) is 9.88. The highest BCUT2D eigenvalue weighted by Crippen LogP contribution is 2.23. The van der Waals surface area contributed by atoms with E-state index in [9.17, 15) is 0 Å². The molecule has 0 bridgehead atoms. The summed E-state index contributed by atoms with van der Waals surface area (Å²) in [5.74, 6) is 0.371. The molecule has 0 radical (unpaired) electrons. The van der Waals surface area contributed by atoms with Gasteiger partial charge in [-0.05, 0) is 29.7 Å². The Hall–Kier alpha value is -0.850. The van der Waals surface area contributed by atoms with Gasteiger partial charge in [0.25, 0.3) is 0 Å². The van der Waals surface area contributed by atoms with E-state index in [1.807, 2.05) is 12.1 Å². The summed E-state index contributed by atoms with van der Waals surface area (Å²) in [6.07, 6.45) is 0. The fourth-order valence-electron chi connectivity index (χ4n) is 1.25. The number of benzene rings is 1. The lowest BCUT2D eigenvalue weighted by Crippen LogP contribution is -2.16. The van der Waals surface area contributed by atoms with E-state index in [0.717, 1.165) is 10.0 Å². The van der Waals surface area contributed by atoms with E-state index < -0.39 is 0 Å². The van der Waals surface area contributed by atoms with E-state index >= 15 is 0 Å². The molecule has 2 N–H and O–H groups in total. The quantitative estimate of drug-likeness (QED) is 0.880. The molecule has 1 rings (SSSR count). The smallest absolute Gasteiger partial charge is 0.0992 e. The highest BCUT2D eigenvalue weighted by molar-refractivity contribution is 9.10. The average Bonchev–Trinajstić information content (AvgIpc) is 2.15. The fourth-order valence-corrected chi connectivity index (χ4v) is 1.77. The number of hydrogen-bond acceptors (Lipinski definition) is 2. The van der Waals surface area contributed by atoms with Gasteiger partial charge in [0, 0.05) is 10.5 Å². The second kappa shape index (κ2) is 4.59. The first kappa shape index (κ1) is 11.2. The van der Waals surface area contributed by atoms with Crippen LogP contribution in [0.15, 0.2) is 22.7 Å². The Balaban J connectivity index is 3.10. The van der Waals surface area contributed by atoms with E-state index in [1.165, 1.54) is 0 Å². The third-order valence-electron chi connectivity index (χ3n) is 2.15. The average molecular weight is 253 g/mol. The van der Waals surface area contributed by atoms with Crippen LogP contribution < -0.4 is 5.73 Å². The van der Waals surface area contributed by atoms with Crippen molar-refractivity contribution in [3.8, 4) is 6.07 Å². The predicted octanol–water partition coefficient (Wildman–Crippen LogP) is 2.98. The predicted molar refractivity (Wildman–Crippen MR) is 60.6 cm³/mol. The third kappa shape index (κ3) is 2.57. The molecule has 74 valence electrons. The van der Waals surface area contributed by atoms with Gasteiger partial charge in [-0.3, -0.25) is 0 Å². The molecular weight excluding hydrogens is 240 g/mol. The zero-order valence-electron chi connectivity index (χ0n) is 8.29. The fraction of sp³-hybridized carbons (Fsp3) is 0.364. The first-order valence-corrected chi connectivity index (χ1v) is 5.30. The molecular formula is C11H13BrN2. The maximum absolute atomic E-state index is 8.80. The molecule has 3 heteroatoms. The van der Waals surface area contributed by atoms with Gasteiger partial charge in [-0.25, -0.2) is 0 Å². The number of hydrogen-bond donors (Lipinski definition) is 1. The van der Waals surface area contributed by atoms with Crippen molar-refractivity contribution < 1.29 is 0 Å². The Kier molecular flexibility index (Phi) is 3.68. The van der Waals surface area contributed by atoms with Crippen LogP contribution in [-0.2, 0) is 0 Å². The van der Waals surface area contributed by atoms with Crippen LogP contribution in [0.4, 0.5) is 0 Å². The van der Waals surface area contributed by atoms with Crippen LogP contribution in [-0.4, -0.2) is 0 Å². The van der Waals surface area contributed by atoms with Crippen LogP contribution >= 0.6 is 15.9 Å². The molecule has 0 fully saturated rings. The number of rotatable bonds is 2. The van der Waals surface area contributed by atoms with Gasteiger partial charge in [-0.15, -0.1) is 0 Å². The number of nitrogens with two attached hydrogens (primary N) is 1. The molecule has 0 amide bonds. The minimum Gasteiger partial charge on any atom is -0.324 e. The summed E-state index contributed by atoms with van der Waals surface area (Å²) in [6.45, 7) is 4.13. The second-order valence-corrected chi connectivity index (χ2v) is 4.57. The molecule has 0 aromatic heterocycles. The molecule has 0 spiro atoms. The summed E-state index contributed by atoms with van der Waals surface area (Å²) >= 11 is 3.36. The van der Waals surface area contributed by atoms with Crippen LogP contribution in [0.25, 0.3) is 0 Å². The van der Waals surface area contributed by atoms with Crippen molar-refractivity contribution >= 4 is 15.9 Å². The van der Waals surface area contributed by atoms with Crippen molar-refractivity contribution in [1.29, 1.82) is 5.26 Å². The Morgan fingerprint density at radius 1 is 1.36 bits per heavy atom. The van der Waals surface area contributed by atoms with Crippen molar-refractivity contribution in [2.45, 2.75) is 19.9 Å². The summed E-state index contributed by atoms with van der Waals surface area (Å²) in [7, 11) is 0. The van der Waals surface area contributed by atoms with Crippen molar-refractivity contribution in [3.05, 3.63) is 33.8 Å². The number of halogens is 1. The normalized spacial score (nSPS) is 12.6. The Morgan fingerprint density at radius 2 is 2.00 bits per heavy atom. The summed E-state index contributed by atoms with van der Waals surface area (Å²) < 4.78 is 0.905. The summed E-state index contributed by atoms with van der Waals surface area (Å²) in [6, 6.07) is 7.70. The number of nitrogens with zero attached hydrogens (tertiary/aromatic N) is 1. The standard InChI is InChI=1S/C11H13BrN2/c1-7(2)11(14)9-3-8(6-13)4-10(12)5-9/h3-5,7,11H,14H2,1-2H3/t11-/m0/s1. The van der Waals surface area contributed by atoms with Gasteiger partial charge in [-0.2, -0.15) is 5.26 Å². The van der Waals surface area contributed by atoms with E-state index in [-0.39, 0.29) is 6.04 Å². The van der Waals surface area contributed by atoms with Crippen molar-refractivity contribution in [2.75, 3.05) is 0 Å². The first-order chi connectivity index (χ1) is 6.54. The lowest BCUT2D eigenvalue weighted by Gasteiger charge is -2.16. The largest absolute Gasteiger partial charge is 0.324 e. The number of nitriles is 1. The minimum atomic E-state index is -0.0143. The highest BCUT2D eigenvalue weighted by atomic mass is 79.9. The van der Waals surface area contributed by atoms with E-state index in [1.54, 1.807) is 6.07 Å². The highest BCUT2D eigenvalue weighted by Gasteiger charge is 2.11. The van der Waals surface area contributed by atoms with E-state index in [4.69, 9.17) is 11.0 Å². The lowest BCUT2D eigenvalue weighted by molar-refractivity contribution is 0.514. The van der Waals surface area contributed by atoms with Crippen molar-refractivity contribution in [3.63, 3.8) is 0 Å². The van der Waals surface area contributed by atoms with Crippen LogP contribution in [0.1, 0.15) is 31.0 Å². The van der Waals surface area contributed by atoms with E-state index in [2.05, 4.69) is 35.8 Å². The Bertz CT molecular complexity index is 366. The van der Waals surface area contributed by atoms with Crippen LogP contribution in [0, 0.1) is 17.2 Å². The zero-order chi connectivity index (χ0) is 10.7. The molecule has 0 aliphatic heterocycles. The molecule has 0 heterocycles. The summed E-state index contributed by atoms with van der Waals surface area (Å²) in [4.78, 5) is 0. The molecule has 0 saturated heterocycles. The topological polar surface area (TPSA) is 49.8 Å². The minimum absolute atomic E-state index is 0.0143. The van der Waals surface area contributed by atoms with Gasteiger partial charge < -0.3 is 5.73 Å². The molecule has 1 aromatic rings. The van der Waals surface area contributed by atoms with Crippen LogP contribution in [0.3, 0.4) is 0 Å². The SMILES string of the molecule is CC(C)[C@H](N)c1cc(Br)cc(C#N)c1. The molecule has 0 aliphatic carbocycles. The Labute approximate surface area is 92.9 Å². The van der Waals surface area contributed by atoms with Crippen LogP contribution in [0.2, 0.25) is 0 Å². The van der Waals surface area contributed by atoms with Gasteiger partial charge in [0.1, 0.15) is 0 Å². The van der Waals surface area contributed by atoms with E-state index in [0.29, 0.717) is 11.5 Å². The molecule has 0 unspecified atom stereocenters. The van der Waals surface area contributed by atoms with Gasteiger partial charge in [0.05, 0.1) is 11.6 Å². The van der Waals surface area contributed by atoms with Gasteiger partial charge in [0.15, 0.2) is 0 Å². The molecule has 0 saturated carbocycles. The first-order valence-electron chi connectivity index (χ1n) is 4.50. The van der Waals surface area contributed by atoms with Gasteiger partial charge in [0.2, 0.25) is 0 Å². The Morgan fingerprint density at radius 3 is 2.50 bits per heavy atom. The van der Waals surface area contributed by atoms with Gasteiger partial charge in [-0.1, -0.05) is 29.8 Å². The van der Waals surface area contributed by atoms with Gasteiger partial charge >= 0.3 is 0 Å². The summed E-state index contributed by atoms with van der Waals surface area (Å²) in [5, 5.41) is 8.80. The van der Waals surface area contributed by atoms with Crippen molar-refractivity contribution in [2.24, 2.45) is 11.7 Å². The molecule has 2 nitrogen and oxygen atoms in total. The maximum atomic E-state index is 8.80. The molecule has 0 aliphatic rings. The second-order valence-electron chi connectivity index (χ2n) is 3.65. The summed E-state index contributed by atoms with van der Waals surface area (Å²) in [5.41, 5.74) is 7.65. The molecule has 1 atom stereocenters. The van der Waals surface area contributed by atoms with Crippen LogP contribution in [0.5, 0.6) is 0 Å². The molecule has 1 aromatic carbocycles. The van der Waals surface area contributed by atoms with Crippen molar-refractivity contribution in [1.82, 2.24) is 0 Å². The third-order valence-corrected chi connectivity index (χ3v) is 2.61. The monoisotopic (exact) mass is 252 g/mol.